The molecule has 2 fully saturated rings. The Morgan fingerprint density at radius 2 is 1.75 bits per heavy atom. The molecule has 0 atom stereocenters. The third kappa shape index (κ3) is 5.50. The largest absolute Gasteiger partial charge is 0.489 e. The normalized spacial score (nSPS) is 16.8. The van der Waals surface area contributed by atoms with E-state index in [0.717, 1.165) is 47.0 Å². The number of hydrogen-bond acceptors (Lipinski definition) is 8. The number of aromatic nitrogens is 2. The van der Waals surface area contributed by atoms with Gasteiger partial charge in [0.15, 0.2) is 0 Å². The Hall–Kier alpha value is -3.49. The Morgan fingerprint density at radius 3 is 2.42 bits per heavy atom. The summed E-state index contributed by atoms with van der Waals surface area (Å²) < 4.78 is 22.0. The van der Waals surface area contributed by atoms with Crippen molar-refractivity contribution in [2.24, 2.45) is 0 Å². The molecule has 0 spiro atoms. The highest BCUT2D eigenvalue weighted by Gasteiger charge is 2.42. The molecule has 2 aliphatic heterocycles. The Morgan fingerprint density at radius 1 is 1.00 bits per heavy atom. The van der Waals surface area contributed by atoms with Crippen molar-refractivity contribution in [1.29, 1.82) is 0 Å². The fourth-order valence-electron chi connectivity index (χ4n) is 4.52. The maximum atomic E-state index is 12.1. The topological polar surface area (TPSA) is 83.0 Å². The van der Waals surface area contributed by atoms with Gasteiger partial charge in [0.25, 0.3) is 0 Å². The first-order chi connectivity index (χ1) is 17.6. The Bertz CT molecular complexity index is 1160. The van der Waals surface area contributed by atoms with Crippen LogP contribution in [0, 0.1) is 0 Å². The van der Waals surface area contributed by atoms with Crippen molar-refractivity contribution in [2.45, 2.75) is 25.4 Å². The highest BCUT2D eigenvalue weighted by Crippen LogP contribution is 2.37. The van der Waals surface area contributed by atoms with Crippen LogP contribution in [0.15, 0.2) is 60.9 Å². The van der Waals surface area contributed by atoms with E-state index in [0.29, 0.717) is 46.1 Å². The quantitative estimate of drug-likeness (QED) is 0.420. The molecule has 8 heteroatoms. The van der Waals surface area contributed by atoms with Gasteiger partial charge in [0.2, 0.25) is 5.95 Å². The third-order valence-corrected chi connectivity index (χ3v) is 6.61. The van der Waals surface area contributed by atoms with Crippen LogP contribution in [-0.4, -0.2) is 62.1 Å². The number of carbonyl (C=O) groups excluding carboxylic acids is 1. The van der Waals surface area contributed by atoms with Crippen LogP contribution >= 0.6 is 0 Å². The summed E-state index contributed by atoms with van der Waals surface area (Å²) in [5.41, 5.74) is 3.83. The zero-order chi connectivity index (χ0) is 24.8. The summed E-state index contributed by atoms with van der Waals surface area (Å²) in [5.74, 6) is 1.32. The maximum absolute atomic E-state index is 12.1. The van der Waals surface area contributed by atoms with Gasteiger partial charge in [-0.3, -0.25) is 4.79 Å². The van der Waals surface area contributed by atoms with Gasteiger partial charge in [0.1, 0.15) is 12.4 Å². The lowest BCUT2D eigenvalue weighted by atomic mass is 9.76. The summed E-state index contributed by atoms with van der Waals surface area (Å²) >= 11 is 0. The lowest BCUT2D eigenvalue weighted by Gasteiger charge is -2.41. The van der Waals surface area contributed by atoms with E-state index in [4.69, 9.17) is 18.9 Å². The van der Waals surface area contributed by atoms with Crippen molar-refractivity contribution in [3.63, 3.8) is 0 Å². The molecule has 1 aromatic heterocycles. The number of morpholine rings is 1. The van der Waals surface area contributed by atoms with E-state index in [-0.39, 0.29) is 11.4 Å². The van der Waals surface area contributed by atoms with Gasteiger partial charge in [-0.05, 0) is 41.8 Å². The number of benzene rings is 2. The average Bonchev–Trinajstić information content (AvgIpc) is 2.91. The number of nitrogens with zero attached hydrogens (tertiary/aromatic N) is 3. The number of carbonyl (C=O) groups is 1. The lowest BCUT2D eigenvalue weighted by molar-refractivity contribution is -0.151. The molecule has 0 N–H and O–H groups in total. The Labute approximate surface area is 211 Å². The summed E-state index contributed by atoms with van der Waals surface area (Å²) in [6.07, 6.45) is 4.06. The molecule has 3 heterocycles. The minimum absolute atomic E-state index is 0.192. The molecule has 188 valence electrons. The summed E-state index contributed by atoms with van der Waals surface area (Å²) in [7, 11) is 0. The zero-order valence-electron chi connectivity index (χ0n) is 20.5. The second kappa shape index (κ2) is 11.1. The zero-order valence-corrected chi connectivity index (χ0v) is 20.5. The smallest absolute Gasteiger partial charge is 0.306 e. The predicted molar refractivity (Wildman–Crippen MR) is 135 cm³/mol. The average molecular weight is 490 g/mol. The molecule has 8 nitrogen and oxygen atoms in total. The van der Waals surface area contributed by atoms with Crippen LogP contribution in [0.4, 0.5) is 5.95 Å². The van der Waals surface area contributed by atoms with Gasteiger partial charge >= 0.3 is 5.97 Å². The van der Waals surface area contributed by atoms with Gasteiger partial charge in [-0.15, -0.1) is 0 Å². The molecular formula is C28H31N3O5. The minimum Gasteiger partial charge on any atom is -0.489 e. The first-order valence-corrected chi connectivity index (χ1v) is 12.4. The monoisotopic (exact) mass is 489 g/mol. The molecule has 2 aliphatic rings. The highest BCUT2D eigenvalue weighted by molar-refractivity contribution is 5.72. The van der Waals surface area contributed by atoms with Crippen LogP contribution in [0.1, 0.15) is 24.5 Å². The fraction of sp³-hybridized carbons (Fsp3) is 0.393. The number of esters is 1. The molecule has 0 aliphatic carbocycles. The van der Waals surface area contributed by atoms with Crippen molar-refractivity contribution >= 4 is 11.9 Å². The molecule has 0 amide bonds. The van der Waals surface area contributed by atoms with Crippen LogP contribution in [0.2, 0.25) is 0 Å². The van der Waals surface area contributed by atoms with E-state index in [1.807, 2.05) is 55.7 Å². The highest BCUT2D eigenvalue weighted by atomic mass is 16.5. The van der Waals surface area contributed by atoms with E-state index < -0.39 is 0 Å². The van der Waals surface area contributed by atoms with Crippen molar-refractivity contribution in [1.82, 2.24) is 9.97 Å². The molecule has 0 saturated carbocycles. The van der Waals surface area contributed by atoms with E-state index >= 15 is 0 Å². The minimum atomic E-state index is -0.307. The van der Waals surface area contributed by atoms with Crippen LogP contribution in [0.3, 0.4) is 0 Å². The van der Waals surface area contributed by atoms with Crippen molar-refractivity contribution < 1.29 is 23.7 Å². The lowest BCUT2D eigenvalue weighted by Crippen LogP contribution is -2.48. The van der Waals surface area contributed by atoms with E-state index in [1.54, 1.807) is 0 Å². The molecule has 36 heavy (non-hydrogen) atoms. The van der Waals surface area contributed by atoms with E-state index in [1.165, 1.54) is 0 Å². The van der Waals surface area contributed by atoms with Crippen LogP contribution in [0.25, 0.3) is 11.1 Å². The summed E-state index contributed by atoms with van der Waals surface area (Å²) in [6.45, 7) is 6.73. The third-order valence-electron chi connectivity index (χ3n) is 6.61. The van der Waals surface area contributed by atoms with Gasteiger partial charge in [0, 0.05) is 31.0 Å². The van der Waals surface area contributed by atoms with Gasteiger partial charge in [-0.25, -0.2) is 9.97 Å². The molecule has 2 saturated heterocycles. The number of rotatable bonds is 9. The number of hydrogen-bond donors (Lipinski definition) is 0. The molecular weight excluding hydrogens is 458 g/mol. The molecule has 0 bridgehead atoms. The summed E-state index contributed by atoms with van der Waals surface area (Å²) in [6, 6.07) is 16.1. The standard InChI is InChI=1S/C28H31N3O5/c1-2-35-26(32)15-28(19-34-20-28)24-6-8-25(9-7-24)36-18-21-4-3-5-22(14-21)23-16-29-27(30-17-23)31-10-12-33-13-11-31/h3-9,14,16-17H,2,10-13,15,18-20H2,1H3. The fourth-order valence-corrected chi connectivity index (χ4v) is 4.52. The molecule has 0 unspecified atom stereocenters. The molecule has 0 radical (unpaired) electrons. The van der Waals surface area contributed by atoms with Gasteiger partial charge in [-0.1, -0.05) is 30.3 Å². The van der Waals surface area contributed by atoms with Crippen molar-refractivity contribution in [2.75, 3.05) is 51.0 Å². The predicted octanol–water partition coefficient (Wildman–Crippen LogP) is 3.78. The number of anilines is 1. The van der Waals surface area contributed by atoms with E-state index in [2.05, 4.69) is 27.0 Å². The summed E-state index contributed by atoms with van der Waals surface area (Å²) in [5, 5.41) is 0. The van der Waals surface area contributed by atoms with Crippen LogP contribution in [-0.2, 0) is 31.0 Å². The van der Waals surface area contributed by atoms with Crippen molar-refractivity contribution in [3.8, 4) is 16.9 Å². The Kier molecular flexibility index (Phi) is 7.44. The SMILES string of the molecule is CCOC(=O)CC1(c2ccc(OCc3cccc(-c4cnc(N5CCOCC5)nc4)c3)cc2)COC1. The maximum Gasteiger partial charge on any atom is 0.306 e. The second-order valence-electron chi connectivity index (χ2n) is 9.14. The first-order valence-electron chi connectivity index (χ1n) is 12.4. The summed E-state index contributed by atoms with van der Waals surface area (Å²) in [4.78, 5) is 23.3. The molecule has 3 aromatic rings. The van der Waals surface area contributed by atoms with Crippen LogP contribution < -0.4 is 9.64 Å². The Balaban J connectivity index is 1.20. The van der Waals surface area contributed by atoms with Gasteiger partial charge in [0.05, 0.1) is 44.9 Å². The van der Waals surface area contributed by atoms with E-state index in [9.17, 15) is 4.79 Å². The first kappa shape index (κ1) is 24.2. The van der Waals surface area contributed by atoms with Gasteiger partial charge in [-0.2, -0.15) is 0 Å². The number of ether oxygens (including phenoxy) is 4. The second-order valence-corrected chi connectivity index (χ2v) is 9.14. The van der Waals surface area contributed by atoms with Crippen LogP contribution in [0.5, 0.6) is 5.75 Å². The van der Waals surface area contributed by atoms with Gasteiger partial charge < -0.3 is 23.8 Å². The van der Waals surface area contributed by atoms with Crippen molar-refractivity contribution in [3.05, 3.63) is 72.1 Å². The molecule has 2 aromatic carbocycles. The molecule has 5 rings (SSSR count).